The standard InChI is InChI=1S/C14H26N2O4/c1-10-8-16(9-14(4,5)20-10)12(19)15-13(2,3)7-6-11(17)18/h10H,6-9H2,1-5H3,(H,15,19)(H,17,18). The number of hydrogen-bond donors (Lipinski definition) is 2. The van der Waals surface area contributed by atoms with Gasteiger partial charge in [0.1, 0.15) is 0 Å². The summed E-state index contributed by atoms with van der Waals surface area (Å²) in [4.78, 5) is 24.7. The van der Waals surface area contributed by atoms with Crippen LogP contribution in [0, 0.1) is 0 Å². The molecule has 2 N–H and O–H groups in total. The van der Waals surface area contributed by atoms with Crippen LogP contribution in [0.3, 0.4) is 0 Å². The van der Waals surface area contributed by atoms with Gasteiger partial charge in [0.15, 0.2) is 0 Å². The summed E-state index contributed by atoms with van der Waals surface area (Å²) in [5.74, 6) is -0.853. The minimum atomic E-state index is -0.853. The minimum Gasteiger partial charge on any atom is -0.481 e. The van der Waals surface area contributed by atoms with Gasteiger partial charge in [0, 0.05) is 18.5 Å². The summed E-state index contributed by atoms with van der Waals surface area (Å²) in [7, 11) is 0. The molecule has 0 bridgehead atoms. The Hall–Kier alpha value is -1.30. The van der Waals surface area contributed by atoms with Crippen molar-refractivity contribution in [2.45, 2.75) is 64.7 Å². The summed E-state index contributed by atoms with van der Waals surface area (Å²) in [6.07, 6.45) is 0.432. The highest BCUT2D eigenvalue weighted by molar-refractivity contribution is 5.75. The zero-order valence-electron chi connectivity index (χ0n) is 13.0. The number of hydrogen-bond acceptors (Lipinski definition) is 3. The van der Waals surface area contributed by atoms with Crippen molar-refractivity contribution in [1.82, 2.24) is 10.2 Å². The molecule has 0 aromatic heterocycles. The largest absolute Gasteiger partial charge is 0.481 e. The van der Waals surface area contributed by atoms with Crippen LogP contribution in [0.4, 0.5) is 4.79 Å². The topological polar surface area (TPSA) is 78.9 Å². The van der Waals surface area contributed by atoms with Crippen LogP contribution in [-0.4, -0.2) is 52.3 Å². The number of urea groups is 1. The maximum absolute atomic E-state index is 12.3. The Morgan fingerprint density at radius 2 is 2.05 bits per heavy atom. The highest BCUT2D eigenvalue weighted by Gasteiger charge is 2.35. The van der Waals surface area contributed by atoms with E-state index in [0.29, 0.717) is 19.5 Å². The Labute approximate surface area is 120 Å². The molecule has 1 rings (SSSR count). The van der Waals surface area contributed by atoms with Crippen LogP contribution in [-0.2, 0) is 9.53 Å². The summed E-state index contributed by atoms with van der Waals surface area (Å²) in [5, 5.41) is 11.6. The quantitative estimate of drug-likeness (QED) is 0.826. The molecule has 1 fully saturated rings. The van der Waals surface area contributed by atoms with E-state index < -0.39 is 11.5 Å². The van der Waals surface area contributed by atoms with Crippen LogP contribution in [0.1, 0.15) is 47.5 Å². The molecule has 0 aromatic carbocycles. The summed E-state index contributed by atoms with van der Waals surface area (Å²) < 4.78 is 5.76. The smallest absolute Gasteiger partial charge is 0.317 e. The maximum atomic E-state index is 12.3. The zero-order chi connectivity index (χ0) is 15.6. The Bertz CT molecular complexity index is 379. The van der Waals surface area contributed by atoms with Crippen molar-refractivity contribution in [1.29, 1.82) is 0 Å². The third-order valence-corrected chi connectivity index (χ3v) is 3.27. The van der Waals surface area contributed by atoms with Crippen LogP contribution in [0.15, 0.2) is 0 Å². The van der Waals surface area contributed by atoms with Crippen LogP contribution in [0.2, 0.25) is 0 Å². The Balaban J connectivity index is 2.59. The fourth-order valence-corrected chi connectivity index (χ4v) is 2.46. The number of amides is 2. The molecule has 1 aliphatic rings. The lowest BCUT2D eigenvalue weighted by atomic mass is 9.98. The van der Waals surface area contributed by atoms with Gasteiger partial charge in [-0.2, -0.15) is 0 Å². The van der Waals surface area contributed by atoms with E-state index in [0.717, 1.165) is 0 Å². The molecule has 6 heteroatoms. The van der Waals surface area contributed by atoms with Crippen LogP contribution >= 0.6 is 0 Å². The van der Waals surface area contributed by atoms with Gasteiger partial charge in [0.2, 0.25) is 0 Å². The van der Waals surface area contributed by atoms with Crippen molar-refractivity contribution in [3.8, 4) is 0 Å². The SMILES string of the molecule is CC1CN(C(=O)NC(C)(C)CCC(=O)O)CC(C)(C)O1. The summed E-state index contributed by atoms with van der Waals surface area (Å²) in [5.41, 5.74) is -0.901. The number of nitrogens with one attached hydrogen (secondary N) is 1. The molecule has 0 saturated carbocycles. The number of carbonyl (C=O) groups excluding carboxylic acids is 1. The first-order valence-corrected chi connectivity index (χ1v) is 6.97. The van der Waals surface area contributed by atoms with Gasteiger partial charge in [-0.05, 0) is 41.0 Å². The van der Waals surface area contributed by atoms with E-state index in [1.54, 1.807) is 4.90 Å². The van der Waals surface area contributed by atoms with E-state index >= 15 is 0 Å². The van der Waals surface area contributed by atoms with Gasteiger partial charge in [-0.25, -0.2) is 4.79 Å². The Morgan fingerprint density at radius 3 is 2.55 bits per heavy atom. The molecule has 1 aliphatic heterocycles. The van der Waals surface area contributed by atoms with Gasteiger partial charge in [-0.15, -0.1) is 0 Å². The number of ether oxygens (including phenoxy) is 1. The molecule has 1 heterocycles. The Morgan fingerprint density at radius 1 is 1.45 bits per heavy atom. The fourth-order valence-electron chi connectivity index (χ4n) is 2.46. The molecule has 116 valence electrons. The fraction of sp³-hybridized carbons (Fsp3) is 0.857. The molecule has 0 aromatic rings. The number of nitrogens with zero attached hydrogens (tertiary/aromatic N) is 1. The van der Waals surface area contributed by atoms with E-state index in [4.69, 9.17) is 9.84 Å². The number of carboxylic acids is 1. The van der Waals surface area contributed by atoms with Crippen molar-refractivity contribution in [3.05, 3.63) is 0 Å². The third-order valence-electron chi connectivity index (χ3n) is 3.27. The van der Waals surface area contributed by atoms with Crippen molar-refractivity contribution >= 4 is 12.0 Å². The lowest BCUT2D eigenvalue weighted by Crippen LogP contribution is -2.59. The second-order valence-corrected chi connectivity index (χ2v) is 6.78. The van der Waals surface area contributed by atoms with Crippen molar-refractivity contribution in [2.24, 2.45) is 0 Å². The van der Waals surface area contributed by atoms with Gasteiger partial charge in [0.25, 0.3) is 0 Å². The molecule has 0 radical (unpaired) electrons. The highest BCUT2D eigenvalue weighted by atomic mass is 16.5. The van der Waals surface area contributed by atoms with Crippen molar-refractivity contribution in [3.63, 3.8) is 0 Å². The highest BCUT2D eigenvalue weighted by Crippen LogP contribution is 2.21. The van der Waals surface area contributed by atoms with Gasteiger partial charge in [0.05, 0.1) is 18.2 Å². The monoisotopic (exact) mass is 286 g/mol. The third kappa shape index (κ3) is 5.36. The molecule has 6 nitrogen and oxygen atoms in total. The van der Waals surface area contributed by atoms with Crippen molar-refractivity contribution in [2.75, 3.05) is 13.1 Å². The first-order valence-electron chi connectivity index (χ1n) is 6.97. The van der Waals surface area contributed by atoms with E-state index in [1.807, 2.05) is 34.6 Å². The summed E-state index contributed by atoms with van der Waals surface area (Å²) >= 11 is 0. The number of aliphatic carboxylic acids is 1. The van der Waals surface area contributed by atoms with E-state index in [9.17, 15) is 9.59 Å². The van der Waals surface area contributed by atoms with E-state index in [2.05, 4.69) is 5.32 Å². The zero-order valence-corrected chi connectivity index (χ0v) is 13.0. The molecule has 0 aliphatic carbocycles. The van der Waals surface area contributed by atoms with Crippen LogP contribution in [0.5, 0.6) is 0 Å². The number of rotatable bonds is 4. The molecule has 1 unspecified atom stereocenters. The number of carboxylic acid groups (broad SMARTS) is 1. The minimum absolute atomic E-state index is 0.00775. The van der Waals surface area contributed by atoms with Crippen molar-refractivity contribution < 1.29 is 19.4 Å². The lowest BCUT2D eigenvalue weighted by Gasteiger charge is -2.42. The summed E-state index contributed by atoms with van der Waals surface area (Å²) in [6.45, 7) is 10.6. The number of morpholine rings is 1. The second kappa shape index (κ2) is 5.99. The number of carbonyl (C=O) groups is 2. The molecule has 1 atom stereocenters. The van der Waals surface area contributed by atoms with Gasteiger partial charge in [-0.3, -0.25) is 4.79 Å². The normalized spacial score (nSPS) is 22.4. The van der Waals surface area contributed by atoms with Gasteiger partial charge < -0.3 is 20.1 Å². The van der Waals surface area contributed by atoms with E-state index in [1.165, 1.54) is 0 Å². The van der Waals surface area contributed by atoms with Crippen LogP contribution in [0.25, 0.3) is 0 Å². The molecular formula is C14H26N2O4. The lowest BCUT2D eigenvalue weighted by molar-refractivity contribution is -0.137. The predicted octanol–water partition coefficient (Wildman–Crippen LogP) is 1.84. The predicted molar refractivity (Wildman–Crippen MR) is 75.7 cm³/mol. The van der Waals surface area contributed by atoms with Gasteiger partial charge in [-0.1, -0.05) is 0 Å². The average Bonchev–Trinajstić information content (AvgIpc) is 2.23. The molecule has 0 spiro atoms. The van der Waals surface area contributed by atoms with E-state index in [-0.39, 0.29) is 24.2 Å². The maximum Gasteiger partial charge on any atom is 0.317 e. The molecular weight excluding hydrogens is 260 g/mol. The second-order valence-electron chi connectivity index (χ2n) is 6.78. The molecule has 2 amide bonds. The first-order chi connectivity index (χ1) is 9.01. The van der Waals surface area contributed by atoms with Crippen LogP contribution < -0.4 is 5.32 Å². The van der Waals surface area contributed by atoms with Gasteiger partial charge >= 0.3 is 12.0 Å². The summed E-state index contributed by atoms with van der Waals surface area (Å²) in [6, 6.07) is -0.163. The first kappa shape index (κ1) is 16.8. The molecule has 1 saturated heterocycles. The average molecular weight is 286 g/mol. The Kier molecular flexibility index (Phi) is 5.02. The molecule has 20 heavy (non-hydrogen) atoms.